The van der Waals surface area contributed by atoms with Crippen LogP contribution in [0.3, 0.4) is 0 Å². The number of nitrogens with two attached hydrogens (primary N) is 1. The smallest absolute Gasteiger partial charge is 0.240 e. The Hall–Kier alpha value is -0.940. The molecule has 94 valence electrons. The summed E-state index contributed by atoms with van der Waals surface area (Å²) in [6, 6.07) is 0. The van der Waals surface area contributed by atoms with Crippen LogP contribution in [0.25, 0.3) is 0 Å². The molecule has 1 heterocycles. The quantitative estimate of drug-likeness (QED) is 0.852. The first-order chi connectivity index (χ1) is 8.10. The zero-order chi connectivity index (χ0) is 12.3. The van der Waals surface area contributed by atoms with Gasteiger partial charge in [-0.15, -0.1) is 11.3 Å². The minimum absolute atomic E-state index is 0.00181. The summed E-state index contributed by atoms with van der Waals surface area (Å²) in [6.07, 6.45) is 4.54. The van der Waals surface area contributed by atoms with Crippen LogP contribution in [0, 0.1) is 6.92 Å². The molecule has 17 heavy (non-hydrogen) atoms. The number of thiazole rings is 1. The Bertz CT molecular complexity index is 396. The predicted molar refractivity (Wildman–Crippen MR) is 69.0 cm³/mol. The van der Waals surface area contributed by atoms with E-state index in [4.69, 9.17) is 5.73 Å². The number of aryl methyl sites for hydroxylation is 1. The molecule has 1 amide bonds. The van der Waals surface area contributed by atoms with E-state index >= 15 is 0 Å². The lowest BCUT2D eigenvalue weighted by molar-refractivity contribution is -0.126. The minimum atomic E-state index is -0.613. The maximum Gasteiger partial charge on any atom is 0.240 e. The van der Waals surface area contributed by atoms with Crippen LogP contribution in [0.5, 0.6) is 0 Å². The first-order valence-corrected chi connectivity index (χ1v) is 6.96. The average molecular weight is 253 g/mol. The highest BCUT2D eigenvalue weighted by atomic mass is 32.1. The molecule has 4 nitrogen and oxygen atoms in total. The summed E-state index contributed by atoms with van der Waals surface area (Å²) in [7, 11) is 0. The van der Waals surface area contributed by atoms with E-state index in [1.165, 1.54) is 0 Å². The van der Waals surface area contributed by atoms with E-state index in [0.29, 0.717) is 6.54 Å². The maximum absolute atomic E-state index is 11.9. The van der Waals surface area contributed by atoms with E-state index < -0.39 is 5.54 Å². The molecule has 1 aliphatic rings. The van der Waals surface area contributed by atoms with Gasteiger partial charge in [0.2, 0.25) is 5.91 Å². The zero-order valence-electron chi connectivity index (χ0n) is 10.2. The highest BCUT2D eigenvalue weighted by Crippen LogP contribution is 2.27. The van der Waals surface area contributed by atoms with Crippen LogP contribution in [-0.2, 0) is 11.2 Å². The van der Waals surface area contributed by atoms with Gasteiger partial charge in [0.05, 0.1) is 16.2 Å². The molecule has 1 fully saturated rings. The van der Waals surface area contributed by atoms with Crippen LogP contribution >= 0.6 is 11.3 Å². The van der Waals surface area contributed by atoms with Gasteiger partial charge >= 0.3 is 0 Å². The van der Waals surface area contributed by atoms with E-state index in [1.807, 2.05) is 12.3 Å². The van der Waals surface area contributed by atoms with Crippen molar-refractivity contribution >= 4 is 17.2 Å². The lowest BCUT2D eigenvalue weighted by atomic mass is 9.98. The lowest BCUT2D eigenvalue weighted by Gasteiger charge is -2.22. The lowest BCUT2D eigenvalue weighted by Crippen LogP contribution is -2.52. The van der Waals surface area contributed by atoms with Gasteiger partial charge in [-0.2, -0.15) is 0 Å². The molecule has 1 aliphatic carbocycles. The van der Waals surface area contributed by atoms with Gasteiger partial charge in [-0.25, -0.2) is 4.98 Å². The molecule has 0 saturated heterocycles. The SMILES string of the molecule is Cc1nc(CCNC(=O)C2(N)CCCC2)cs1. The minimum Gasteiger partial charge on any atom is -0.354 e. The van der Waals surface area contributed by atoms with E-state index in [-0.39, 0.29) is 5.91 Å². The van der Waals surface area contributed by atoms with E-state index in [1.54, 1.807) is 11.3 Å². The van der Waals surface area contributed by atoms with Crippen molar-refractivity contribution in [2.75, 3.05) is 6.54 Å². The van der Waals surface area contributed by atoms with Crippen molar-refractivity contribution in [1.29, 1.82) is 0 Å². The molecular weight excluding hydrogens is 234 g/mol. The number of amides is 1. The zero-order valence-corrected chi connectivity index (χ0v) is 11.0. The first-order valence-electron chi connectivity index (χ1n) is 6.08. The Kier molecular flexibility index (Phi) is 3.79. The Morgan fingerprint density at radius 2 is 2.29 bits per heavy atom. The van der Waals surface area contributed by atoms with Gasteiger partial charge in [-0.05, 0) is 19.8 Å². The highest BCUT2D eigenvalue weighted by Gasteiger charge is 2.36. The largest absolute Gasteiger partial charge is 0.354 e. The third-order valence-corrected chi connectivity index (χ3v) is 4.10. The van der Waals surface area contributed by atoms with E-state index in [0.717, 1.165) is 42.8 Å². The van der Waals surface area contributed by atoms with Gasteiger partial charge in [0.25, 0.3) is 0 Å². The number of carbonyl (C=O) groups excluding carboxylic acids is 1. The number of hydrogen-bond acceptors (Lipinski definition) is 4. The molecule has 0 spiro atoms. The van der Waals surface area contributed by atoms with Crippen molar-refractivity contribution < 1.29 is 4.79 Å². The molecule has 0 bridgehead atoms. The summed E-state index contributed by atoms with van der Waals surface area (Å²) < 4.78 is 0. The average Bonchev–Trinajstić information content (AvgIpc) is 2.89. The molecule has 0 unspecified atom stereocenters. The third-order valence-electron chi connectivity index (χ3n) is 3.28. The van der Waals surface area contributed by atoms with Crippen LogP contribution in [-0.4, -0.2) is 23.0 Å². The number of carbonyl (C=O) groups is 1. The molecule has 1 aromatic rings. The molecular formula is C12H19N3OS. The van der Waals surface area contributed by atoms with Crippen molar-refractivity contribution in [3.8, 4) is 0 Å². The summed E-state index contributed by atoms with van der Waals surface area (Å²) in [6.45, 7) is 2.61. The number of aromatic nitrogens is 1. The van der Waals surface area contributed by atoms with E-state index in [9.17, 15) is 4.79 Å². The normalized spacial score (nSPS) is 18.2. The Morgan fingerprint density at radius 1 is 1.59 bits per heavy atom. The molecule has 0 aliphatic heterocycles. The second-order valence-corrected chi connectivity index (χ2v) is 5.79. The molecule has 2 rings (SSSR count). The number of nitrogens with zero attached hydrogens (tertiary/aromatic N) is 1. The fraction of sp³-hybridized carbons (Fsp3) is 0.667. The van der Waals surface area contributed by atoms with Gasteiger partial charge in [0, 0.05) is 18.3 Å². The number of rotatable bonds is 4. The summed E-state index contributed by atoms with van der Waals surface area (Å²) >= 11 is 1.64. The van der Waals surface area contributed by atoms with Crippen LogP contribution in [0.4, 0.5) is 0 Å². The van der Waals surface area contributed by atoms with Crippen molar-refractivity contribution in [2.45, 2.75) is 44.6 Å². The number of hydrogen-bond donors (Lipinski definition) is 2. The van der Waals surface area contributed by atoms with Crippen molar-refractivity contribution in [3.63, 3.8) is 0 Å². The first kappa shape index (κ1) is 12.5. The summed E-state index contributed by atoms with van der Waals surface area (Å²) in [5.74, 6) is 0.00181. The molecule has 0 atom stereocenters. The Labute approximate surface area is 106 Å². The molecule has 5 heteroatoms. The molecule has 1 saturated carbocycles. The van der Waals surface area contributed by atoms with Crippen molar-refractivity contribution in [3.05, 3.63) is 16.1 Å². The summed E-state index contributed by atoms with van der Waals surface area (Å²) in [5, 5.41) is 6.03. The Balaban J connectivity index is 1.77. The highest BCUT2D eigenvalue weighted by molar-refractivity contribution is 7.09. The molecule has 0 radical (unpaired) electrons. The third kappa shape index (κ3) is 3.04. The number of nitrogens with one attached hydrogen (secondary N) is 1. The second-order valence-electron chi connectivity index (χ2n) is 4.73. The van der Waals surface area contributed by atoms with Gasteiger partial charge in [0.15, 0.2) is 0 Å². The van der Waals surface area contributed by atoms with Gasteiger partial charge in [0.1, 0.15) is 0 Å². The van der Waals surface area contributed by atoms with E-state index in [2.05, 4.69) is 10.3 Å². The van der Waals surface area contributed by atoms with Gasteiger partial charge < -0.3 is 11.1 Å². The predicted octanol–water partition coefficient (Wildman–Crippen LogP) is 1.38. The van der Waals surface area contributed by atoms with Crippen LogP contribution in [0.1, 0.15) is 36.4 Å². The van der Waals surface area contributed by atoms with Crippen LogP contribution < -0.4 is 11.1 Å². The van der Waals surface area contributed by atoms with Crippen LogP contribution in [0.15, 0.2) is 5.38 Å². The summed E-state index contributed by atoms with van der Waals surface area (Å²) in [5.41, 5.74) is 6.49. The molecule has 1 aromatic heterocycles. The second kappa shape index (κ2) is 5.14. The maximum atomic E-state index is 11.9. The van der Waals surface area contributed by atoms with Gasteiger partial charge in [-0.1, -0.05) is 12.8 Å². The monoisotopic (exact) mass is 253 g/mol. The molecule has 3 N–H and O–H groups in total. The standard InChI is InChI=1S/C12H19N3OS/c1-9-15-10(8-17-9)4-7-14-11(16)12(13)5-2-3-6-12/h8H,2-7,13H2,1H3,(H,14,16). The molecule has 0 aromatic carbocycles. The van der Waals surface area contributed by atoms with Crippen molar-refractivity contribution in [1.82, 2.24) is 10.3 Å². The van der Waals surface area contributed by atoms with Crippen molar-refractivity contribution in [2.24, 2.45) is 5.73 Å². The summed E-state index contributed by atoms with van der Waals surface area (Å²) in [4.78, 5) is 16.3. The fourth-order valence-electron chi connectivity index (χ4n) is 2.24. The van der Waals surface area contributed by atoms with Gasteiger partial charge in [-0.3, -0.25) is 4.79 Å². The fourth-order valence-corrected chi connectivity index (χ4v) is 2.88. The van der Waals surface area contributed by atoms with Crippen LogP contribution in [0.2, 0.25) is 0 Å². The Morgan fingerprint density at radius 3 is 2.88 bits per heavy atom. The topological polar surface area (TPSA) is 68.0 Å².